The summed E-state index contributed by atoms with van der Waals surface area (Å²) in [7, 11) is 0. The molecule has 1 amide bonds. The van der Waals surface area contributed by atoms with E-state index in [4.69, 9.17) is 4.42 Å². The number of Topliss-reactive ketones (excluding diaryl/α,β-unsaturated/α-hetero) is 1. The van der Waals surface area contributed by atoms with Crippen LogP contribution in [-0.4, -0.2) is 45.1 Å². The van der Waals surface area contributed by atoms with Crippen molar-refractivity contribution < 1.29 is 24.2 Å². The first-order chi connectivity index (χ1) is 16.2. The zero-order valence-electron chi connectivity index (χ0n) is 22.3. The summed E-state index contributed by atoms with van der Waals surface area (Å²) in [5, 5.41) is 24.7. The summed E-state index contributed by atoms with van der Waals surface area (Å²) in [6.07, 6.45) is 7.90. The zero-order chi connectivity index (χ0) is 26.5. The number of rotatable bonds is 2. The second-order valence-corrected chi connectivity index (χ2v) is 10.7. The van der Waals surface area contributed by atoms with Gasteiger partial charge in [-0.15, -0.1) is 0 Å². The monoisotopic (exact) mass is 486 g/mol. The number of carbonyl (C=O) groups excluding carboxylic acids is 2. The molecule has 7 nitrogen and oxygen atoms in total. The number of oxazole rings is 1. The van der Waals surface area contributed by atoms with Gasteiger partial charge in [-0.2, -0.15) is 0 Å². The van der Waals surface area contributed by atoms with Crippen LogP contribution in [-0.2, 0) is 9.59 Å². The molecule has 0 fully saturated rings. The third-order valence-electron chi connectivity index (χ3n) is 7.12. The van der Waals surface area contributed by atoms with E-state index < -0.39 is 23.5 Å². The van der Waals surface area contributed by atoms with Crippen molar-refractivity contribution in [2.45, 2.75) is 86.5 Å². The van der Waals surface area contributed by atoms with E-state index in [9.17, 15) is 19.8 Å². The molecule has 35 heavy (non-hydrogen) atoms. The lowest BCUT2D eigenvalue weighted by molar-refractivity contribution is -0.143. The molecule has 0 aromatic carbocycles. The SMILES string of the molecule is CC1=C\[C@H](C)[C@@H](/C(C)=C/c2coc(C)n2)NC(=O)C[C@H](O)C(C)(C)C(=O)[C@H](C)[C@@H](O)[C@@H](C)C\C=C\1. The highest BCUT2D eigenvalue weighted by atomic mass is 16.3. The predicted octanol–water partition coefficient (Wildman–Crippen LogP) is 4.39. The van der Waals surface area contributed by atoms with Crippen LogP contribution in [0.3, 0.4) is 0 Å². The van der Waals surface area contributed by atoms with Crippen LogP contribution in [0.25, 0.3) is 6.08 Å². The van der Waals surface area contributed by atoms with Gasteiger partial charge in [0.05, 0.1) is 30.1 Å². The maximum atomic E-state index is 13.2. The molecule has 1 aliphatic rings. The molecule has 7 heteroatoms. The number of nitrogens with zero attached hydrogens (tertiary/aromatic N) is 1. The number of nitrogens with one attached hydrogen (secondary N) is 1. The number of aryl methyl sites for hydroxylation is 1. The van der Waals surface area contributed by atoms with Crippen molar-refractivity contribution >= 4 is 17.8 Å². The predicted molar refractivity (Wildman–Crippen MR) is 137 cm³/mol. The lowest BCUT2D eigenvalue weighted by Gasteiger charge is -2.34. The van der Waals surface area contributed by atoms with Crippen LogP contribution in [0, 0.1) is 30.1 Å². The van der Waals surface area contributed by atoms with Gasteiger partial charge in [-0.05, 0) is 43.8 Å². The summed E-state index contributed by atoms with van der Waals surface area (Å²) in [6.45, 7) is 14.6. The highest BCUT2D eigenvalue weighted by Gasteiger charge is 2.42. The normalized spacial score (nSPS) is 34.1. The van der Waals surface area contributed by atoms with Crippen LogP contribution >= 0.6 is 0 Å². The third-order valence-corrected chi connectivity index (χ3v) is 7.12. The Labute approximate surface area is 209 Å². The molecule has 1 aromatic rings. The molecule has 3 N–H and O–H groups in total. The summed E-state index contributed by atoms with van der Waals surface area (Å²) < 4.78 is 5.30. The van der Waals surface area contributed by atoms with E-state index in [-0.39, 0.29) is 36.0 Å². The first kappa shape index (κ1) is 28.7. The molecule has 194 valence electrons. The average molecular weight is 487 g/mol. The number of ketones is 1. The Morgan fingerprint density at radius 3 is 2.46 bits per heavy atom. The number of aromatic nitrogens is 1. The summed E-state index contributed by atoms with van der Waals surface area (Å²) in [5.41, 5.74) is 1.40. The Hall–Kier alpha value is -2.51. The molecule has 0 aliphatic carbocycles. The van der Waals surface area contributed by atoms with Crippen molar-refractivity contribution in [3.05, 3.63) is 47.2 Å². The zero-order valence-corrected chi connectivity index (χ0v) is 22.3. The molecule has 1 aromatic heterocycles. The van der Waals surface area contributed by atoms with Gasteiger partial charge in [-0.25, -0.2) is 4.98 Å². The standard InChI is InChI=1S/C28H42N2O5/c1-16-10-9-11-17(2)26(33)20(5)27(34)28(7,8)23(31)14-24(32)30-25(18(3)12-16)19(4)13-22-15-35-21(6)29-22/h9-10,12-13,15,17-18,20,23,25-26,31,33H,11,14H2,1-8H3,(H,30,32)/b10-9+,16-12+,19-13+/t17-,18-,20+,23-,25-,26-/m0/s1. The smallest absolute Gasteiger partial charge is 0.223 e. The molecule has 1 aliphatic heterocycles. The van der Waals surface area contributed by atoms with E-state index in [1.54, 1.807) is 34.0 Å². The average Bonchev–Trinajstić information content (AvgIpc) is 3.19. The summed E-state index contributed by atoms with van der Waals surface area (Å²) in [5.74, 6) is -0.914. The van der Waals surface area contributed by atoms with Gasteiger partial charge in [0, 0.05) is 12.8 Å². The Morgan fingerprint density at radius 1 is 1.20 bits per heavy atom. The Morgan fingerprint density at radius 2 is 1.86 bits per heavy atom. The first-order valence-corrected chi connectivity index (χ1v) is 12.4. The summed E-state index contributed by atoms with van der Waals surface area (Å²) >= 11 is 0. The van der Waals surface area contributed by atoms with Crippen molar-refractivity contribution in [2.75, 3.05) is 0 Å². The summed E-state index contributed by atoms with van der Waals surface area (Å²) in [6, 6.07) is -0.346. The fourth-order valence-electron chi connectivity index (χ4n) is 4.67. The number of amides is 1. The van der Waals surface area contributed by atoms with Gasteiger partial charge >= 0.3 is 0 Å². The quantitative estimate of drug-likeness (QED) is 0.571. The fraction of sp³-hybridized carbons (Fsp3) is 0.607. The van der Waals surface area contributed by atoms with Gasteiger partial charge in [0.2, 0.25) is 5.91 Å². The number of hydrogen-bond acceptors (Lipinski definition) is 6. The second-order valence-electron chi connectivity index (χ2n) is 10.7. The molecule has 0 spiro atoms. The Balaban J connectivity index is 2.45. The number of aliphatic hydroxyl groups excluding tert-OH is 2. The minimum Gasteiger partial charge on any atom is -0.449 e. The van der Waals surface area contributed by atoms with Gasteiger partial charge in [-0.1, -0.05) is 58.4 Å². The number of aliphatic hydroxyl groups is 2. The number of allylic oxidation sites excluding steroid dienone is 3. The third kappa shape index (κ3) is 7.48. The van der Waals surface area contributed by atoms with Gasteiger partial charge in [-0.3, -0.25) is 9.59 Å². The van der Waals surface area contributed by atoms with Crippen molar-refractivity contribution in [2.24, 2.45) is 23.2 Å². The van der Waals surface area contributed by atoms with Gasteiger partial charge in [0.15, 0.2) is 5.89 Å². The Kier molecular flexibility index (Phi) is 9.81. The molecular formula is C28H42N2O5. The van der Waals surface area contributed by atoms with Crippen LogP contribution in [0.2, 0.25) is 0 Å². The van der Waals surface area contributed by atoms with E-state index in [1.165, 1.54) is 0 Å². The van der Waals surface area contributed by atoms with Crippen molar-refractivity contribution in [1.82, 2.24) is 10.3 Å². The molecule has 0 bridgehead atoms. The van der Waals surface area contributed by atoms with Crippen LogP contribution in [0.4, 0.5) is 0 Å². The van der Waals surface area contributed by atoms with Gasteiger partial charge in [0.25, 0.3) is 0 Å². The van der Waals surface area contributed by atoms with Gasteiger partial charge < -0.3 is 19.9 Å². The van der Waals surface area contributed by atoms with Crippen molar-refractivity contribution in [1.29, 1.82) is 0 Å². The Bertz CT molecular complexity index is 987. The van der Waals surface area contributed by atoms with Crippen LogP contribution in [0.1, 0.15) is 72.9 Å². The molecular weight excluding hydrogens is 444 g/mol. The molecule has 0 saturated heterocycles. The minimum atomic E-state index is -1.19. The first-order valence-electron chi connectivity index (χ1n) is 12.4. The van der Waals surface area contributed by atoms with E-state index in [1.807, 2.05) is 45.9 Å². The maximum Gasteiger partial charge on any atom is 0.223 e. The lowest BCUT2D eigenvalue weighted by atomic mass is 9.73. The number of hydrogen-bond donors (Lipinski definition) is 3. The van der Waals surface area contributed by atoms with Gasteiger partial charge in [0.1, 0.15) is 17.7 Å². The van der Waals surface area contributed by atoms with E-state index in [0.717, 1.165) is 11.1 Å². The molecule has 2 heterocycles. The molecule has 0 saturated carbocycles. The molecule has 2 rings (SSSR count). The maximum absolute atomic E-state index is 13.2. The van der Waals surface area contributed by atoms with E-state index in [0.29, 0.717) is 18.0 Å². The highest BCUT2D eigenvalue weighted by Crippen LogP contribution is 2.31. The molecule has 0 unspecified atom stereocenters. The molecule has 6 atom stereocenters. The van der Waals surface area contributed by atoms with Crippen LogP contribution in [0.15, 0.2) is 40.1 Å². The fourth-order valence-corrected chi connectivity index (χ4v) is 4.67. The lowest BCUT2D eigenvalue weighted by Crippen LogP contribution is -2.47. The van der Waals surface area contributed by atoms with E-state index >= 15 is 0 Å². The largest absolute Gasteiger partial charge is 0.449 e. The number of carbonyl (C=O) groups is 2. The summed E-state index contributed by atoms with van der Waals surface area (Å²) in [4.78, 5) is 30.6. The van der Waals surface area contributed by atoms with Crippen LogP contribution < -0.4 is 5.32 Å². The molecule has 0 radical (unpaired) electrons. The van der Waals surface area contributed by atoms with Crippen LogP contribution in [0.5, 0.6) is 0 Å². The highest BCUT2D eigenvalue weighted by molar-refractivity contribution is 5.88. The topological polar surface area (TPSA) is 113 Å². The van der Waals surface area contributed by atoms with Crippen molar-refractivity contribution in [3.63, 3.8) is 0 Å². The minimum absolute atomic E-state index is 0.0597. The second kappa shape index (κ2) is 12.0. The van der Waals surface area contributed by atoms with Crippen molar-refractivity contribution in [3.8, 4) is 0 Å². The van der Waals surface area contributed by atoms with E-state index in [2.05, 4.69) is 16.4 Å².